The average molecular weight is 834 g/mol. The maximum atomic E-state index is 12.7. The van der Waals surface area contributed by atoms with E-state index in [1.165, 1.54) is 64.2 Å². The highest BCUT2D eigenvalue weighted by Crippen LogP contribution is 2.38. The quantitative estimate of drug-likeness (QED) is 0.0197. The molecule has 334 valence electrons. The number of phosphoric ester groups is 1. The molecule has 0 saturated heterocycles. The topological polar surface area (TPSA) is 111 Å². The first-order valence-corrected chi connectivity index (χ1v) is 24.1. The van der Waals surface area contributed by atoms with E-state index in [9.17, 15) is 19.0 Å². The summed E-state index contributed by atoms with van der Waals surface area (Å²) in [5.41, 5.74) is 0. The van der Waals surface area contributed by atoms with Gasteiger partial charge in [0.05, 0.1) is 27.7 Å². The number of hydrogen-bond donors (Lipinski definition) is 0. The lowest BCUT2D eigenvalue weighted by Gasteiger charge is -2.28. The Kier molecular flexibility index (Phi) is 38.1. The molecule has 0 aromatic rings. The minimum atomic E-state index is -4.65. The fraction of sp³-hybridized carbons (Fsp3) is 0.708. The number of unbranched alkanes of at least 4 members (excludes halogenated alkanes) is 14. The minimum Gasteiger partial charge on any atom is -0.756 e. The van der Waals surface area contributed by atoms with Crippen LogP contribution < -0.4 is 4.89 Å². The van der Waals surface area contributed by atoms with Crippen LogP contribution in [-0.2, 0) is 32.7 Å². The van der Waals surface area contributed by atoms with Gasteiger partial charge in [0.2, 0.25) is 0 Å². The molecule has 0 aliphatic rings. The summed E-state index contributed by atoms with van der Waals surface area (Å²) in [5, 5.41) is 0. The second kappa shape index (κ2) is 39.9. The van der Waals surface area contributed by atoms with Crippen LogP contribution in [0.3, 0.4) is 0 Å². The summed E-state index contributed by atoms with van der Waals surface area (Å²) in [6, 6.07) is 0. The zero-order valence-electron chi connectivity index (χ0n) is 37.5. The zero-order chi connectivity index (χ0) is 42.8. The van der Waals surface area contributed by atoms with Crippen LogP contribution >= 0.6 is 7.82 Å². The number of esters is 2. The van der Waals surface area contributed by atoms with Crippen LogP contribution in [0.2, 0.25) is 0 Å². The average Bonchev–Trinajstić information content (AvgIpc) is 3.17. The molecular weight excluding hydrogens is 750 g/mol. The van der Waals surface area contributed by atoms with Gasteiger partial charge in [0.25, 0.3) is 7.82 Å². The van der Waals surface area contributed by atoms with Gasteiger partial charge in [0, 0.05) is 12.8 Å². The number of ether oxygens (including phenoxy) is 2. The van der Waals surface area contributed by atoms with Crippen molar-refractivity contribution in [3.05, 3.63) is 72.9 Å². The fourth-order valence-corrected chi connectivity index (χ4v) is 6.35. The van der Waals surface area contributed by atoms with Gasteiger partial charge in [-0.25, -0.2) is 0 Å². The number of likely N-dealkylation sites (N-methyl/N-ethyl adjacent to an activating group) is 1. The molecule has 2 atom stereocenters. The fourth-order valence-electron chi connectivity index (χ4n) is 5.62. The third-order valence-corrected chi connectivity index (χ3v) is 10.1. The predicted molar refractivity (Wildman–Crippen MR) is 240 cm³/mol. The van der Waals surface area contributed by atoms with Gasteiger partial charge in [-0.15, -0.1) is 0 Å². The Morgan fingerprint density at radius 2 is 0.983 bits per heavy atom. The first-order chi connectivity index (χ1) is 28.0. The minimum absolute atomic E-state index is 0.0470. The lowest BCUT2D eigenvalue weighted by molar-refractivity contribution is -0.870. The van der Waals surface area contributed by atoms with Crippen molar-refractivity contribution in [2.45, 2.75) is 174 Å². The Balaban J connectivity index is 4.48. The van der Waals surface area contributed by atoms with E-state index in [1.54, 1.807) is 0 Å². The smallest absolute Gasteiger partial charge is 0.306 e. The Morgan fingerprint density at radius 1 is 0.534 bits per heavy atom. The van der Waals surface area contributed by atoms with Crippen LogP contribution in [0.1, 0.15) is 168 Å². The molecule has 0 rings (SSSR count). The predicted octanol–water partition coefficient (Wildman–Crippen LogP) is 12.4. The van der Waals surface area contributed by atoms with Gasteiger partial charge in [0.1, 0.15) is 19.8 Å². The SMILES string of the molecule is CCC/C=C/C/C=C/C/C=C/C/C=C/CCCCCC(=O)OC[C@H](COP(=O)([O-])OCC[N+](C)(C)C)OC(=O)CCC/C=C/C/C=C/CCCCCCCCCCC. The summed E-state index contributed by atoms with van der Waals surface area (Å²) in [7, 11) is 1.11. The van der Waals surface area contributed by atoms with Crippen molar-refractivity contribution in [3.63, 3.8) is 0 Å². The van der Waals surface area contributed by atoms with Gasteiger partial charge in [-0.1, -0.05) is 151 Å². The number of allylic oxidation sites excluding steroid dienone is 12. The van der Waals surface area contributed by atoms with E-state index < -0.39 is 32.5 Å². The van der Waals surface area contributed by atoms with Crippen LogP contribution in [0, 0.1) is 0 Å². The molecule has 0 aliphatic heterocycles. The normalized spacial score (nSPS) is 14.2. The maximum absolute atomic E-state index is 12.7. The molecule has 58 heavy (non-hydrogen) atoms. The van der Waals surface area contributed by atoms with Crippen molar-refractivity contribution in [1.29, 1.82) is 0 Å². The molecule has 0 N–H and O–H groups in total. The molecule has 0 aromatic heterocycles. The van der Waals surface area contributed by atoms with Crippen LogP contribution in [0.25, 0.3) is 0 Å². The Labute approximate surface area is 355 Å². The number of rotatable bonds is 40. The Morgan fingerprint density at radius 3 is 1.50 bits per heavy atom. The van der Waals surface area contributed by atoms with Gasteiger partial charge in [-0.3, -0.25) is 14.2 Å². The van der Waals surface area contributed by atoms with Crippen LogP contribution in [0.15, 0.2) is 72.9 Å². The van der Waals surface area contributed by atoms with Gasteiger partial charge in [-0.2, -0.15) is 0 Å². The number of carbonyl (C=O) groups is 2. The number of quaternary nitrogens is 1. The second-order valence-corrected chi connectivity index (χ2v) is 17.5. The van der Waals surface area contributed by atoms with Crippen molar-refractivity contribution in [3.8, 4) is 0 Å². The third kappa shape index (κ3) is 43.0. The van der Waals surface area contributed by atoms with Crippen molar-refractivity contribution >= 4 is 19.8 Å². The molecule has 0 bridgehead atoms. The van der Waals surface area contributed by atoms with Crippen LogP contribution in [0.5, 0.6) is 0 Å². The highest BCUT2D eigenvalue weighted by Gasteiger charge is 2.21. The number of carbonyl (C=O) groups excluding carboxylic acids is 2. The molecular formula is C48H84NO8P. The molecule has 9 nitrogen and oxygen atoms in total. The summed E-state index contributed by atoms with van der Waals surface area (Å²) in [4.78, 5) is 37.5. The van der Waals surface area contributed by atoms with E-state index >= 15 is 0 Å². The molecule has 0 heterocycles. The van der Waals surface area contributed by atoms with E-state index in [0.29, 0.717) is 23.9 Å². The molecule has 0 fully saturated rings. The molecule has 0 saturated carbocycles. The monoisotopic (exact) mass is 834 g/mol. The molecule has 0 spiro atoms. The van der Waals surface area contributed by atoms with E-state index in [-0.39, 0.29) is 26.1 Å². The molecule has 0 aliphatic carbocycles. The largest absolute Gasteiger partial charge is 0.756 e. The van der Waals surface area contributed by atoms with Crippen molar-refractivity contribution in [2.75, 3.05) is 47.5 Å². The highest BCUT2D eigenvalue weighted by atomic mass is 31.2. The number of phosphoric acid groups is 1. The van der Waals surface area contributed by atoms with Gasteiger partial charge >= 0.3 is 11.9 Å². The maximum Gasteiger partial charge on any atom is 0.306 e. The summed E-state index contributed by atoms with van der Waals surface area (Å²) in [6.45, 7) is 4.06. The van der Waals surface area contributed by atoms with Crippen molar-refractivity contribution < 1.29 is 42.1 Å². The zero-order valence-corrected chi connectivity index (χ0v) is 38.4. The van der Waals surface area contributed by atoms with Gasteiger partial charge in [0.15, 0.2) is 6.10 Å². The van der Waals surface area contributed by atoms with E-state index in [2.05, 4.69) is 86.8 Å². The van der Waals surface area contributed by atoms with E-state index in [0.717, 1.165) is 64.2 Å². The molecule has 1 unspecified atom stereocenters. The second-order valence-electron chi connectivity index (χ2n) is 16.1. The standard InChI is InChI=1S/C48H84NO8P/c1-6-8-10-12-14-16-18-20-22-24-26-28-30-32-34-36-38-40-47(50)54-44-46(45-56-58(52,53)55-43-42-49(3,4)5)57-48(51)41-39-37-35-33-31-29-27-25-23-21-19-17-15-13-11-9-7-2/h10,12,16,18,22,24,27-30,33,35,46H,6-9,11,13-15,17,19-21,23,25-26,31-32,34,36-45H2,1-5H3/b12-10+,18-16+,24-22+,29-27+,30-28+,35-33+/t46-/m1/s1. The van der Waals surface area contributed by atoms with Crippen molar-refractivity contribution in [2.24, 2.45) is 0 Å². The first kappa shape index (κ1) is 55.5. The van der Waals surface area contributed by atoms with Gasteiger partial charge in [-0.05, 0) is 77.0 Å². The van der Waals surface area contributed by atoms with Crippen LogP contribution in [0.4, 0.5) is 0 Å². The molecule has 0 radical (unpaired) electrons. The summed E-state index contributed by atoms with van der Waals surface area (Å²) in [5.74, 6) is -0.929. The summed E-state index contributed by atoms with van der Waals surface area (Å²) in [6.07, 6.45) is 49.4. The highest BCUT2D eigenvalue weighted by molar-refractivity contribution is 7.45. The molecule has 10 heteroatoms. The summed E-state index contributed by atoms with van der Waals surface area (Å²) >= 11 is 0. The number of nitrogens with zero attached hydrogens (tertiary/aromatic N) is 1. The summed E-state index contributed by atoms with van der Waals surface area (Å²) < 4.78 is 33.8. The first-order valence-electron chi connectivity index (χ1n) is 22.6. The lowest BCUT2D eigenvalue weighted by atomic mass is 10.1. The van der Waals surface area contributed by atoms with Crippen molar-refractivity contribution in [1.82, 2.24) is 0 Å². The van der Waals surface area contributed by atoms with E-state index in [1.807, 2.05) is 21.1 Å². The molecule has 0 aromatic carbocycles. The Hall–Kier alpha value is -2.55. The molecule has 0 amide bonds. The third-order valence-electron chi connectivity index (χ3n) is 9.18. The van der Waals surface area contributed by atoms with Crippen LogP contribution in [-0.4, -0.2) is 70.0 Å². The lowest BCUT2D eigenvalue weighted by Crippen LogP contribution is -2.37. The van der Waals surface area contributed by atoms with Gasteiger partial charge < -0.3 is 27.9 Å². The van der Waals surface area contributed by atoms with E-state index in [4.69, 9.17) is 18.5 Å². The number of hydrogen-bond acceptors (Lipinski definition) is 8. The Bertz CT molecular complexity index is 1220.